The summed E-state index contributed by atoms with van der Waals surface area (Å²) in [5.74, 6) is 0.925. The van der Waals surface area contributed by atoms with E-state index in [2.05, 4.69) is 0 Å². The molecule has 1 aliphatic carbocycles. The molecular formula is C13H24O3Si. The fourth-order valence-corrected chi connectivity index (χ4v) is 4.00. The molecular weight excluding hydrogens is 232 g/mol. The Labute approximate surface area is 107 Å². The second-order valence-electron chi connectivity index (χ2n) is 4.88. The Morgan fingerprint density at radius 1 is 1.18 bits per heavy atom. The van der Waals surface area contributed by atoms with Crippen LogP contribution in [0.15, 0.2) is 0 Å². The Hall–Kier alpha value is 0.0969. The standard InChI is InChI=1S/C13H24O3Si/c1-3-14-13(15-4-2)17-8-7-10-5-6-11-12(9-10)16-11/h10-13H,3-9H2,1-2H3. The predicted octanol–water partition coefficient (Wildman–Crippen LogP) is 2.42. The van der Waals surface area contributed by atoms with Gasteiger partial charge in [-0.25, -0.2) is 0 Å². The minimum atomic E-state index is 0.0403. The summed E-state index contributed by atoms with van der Waals surface area (Å²) in [6.45, 7) is 5.56. The molecule has 2 rings (SSSR count). The molecule has 3 atom stereocenters. The van der Waals surface area contributed by atoms with Crippen molar-refractivity contribution in [1.29, 1.82) is 0 Å². The molecule has 3 unspecified atom stereocenters. The highest BCUT2D eigenvalue weighted by Gasteiger charge is 2.43. The van der Waals surface area contributed by atoms with Crippen molar-refractivity contribution in [3.05, 3.63) is 0 Å². The summed E-state index contributed by atoms with van der Waals surface area (Å²) in [4.78, 5) is 0. The minimum absolute atomic E-state index is 0.0403. The van der Waals surface area contributed by atoms with Gasteiger partial charge in [0.2, 0.25) is 0 Å². The number of rotatable bonds is 8. The Morgan fingerprint density at radius 3 is 2.59 bits per heavy atom. The molecule has 0 bridgehead atoms. The molecule has 1 heterocycles. The van der Waals surface area contributed by atoms with Crippen molar-refractivity contribution in [1.82, 2.24) is 0 Å². The maximum atomic E-state index is 5.57. The first-order valence-corrected chi connectivity index (χ1v) is 8.24. The average Bonchev–Trinajstić information content (AvgIpc) is 3.08. The lowest BCUT2D eigenvalue weighted by molar-refractivity contribution is -0.0828. The largest absolute Gasteiger partial charge is 0.370 e. The lowest BCUT2D eigenvalue weighted by Crippen LogP contribution is -2.25. The Balaban J connectivity index is 1.57. The van der Waals surface area contributed by atoms with E-state index in [0.29, 0.717) is 12.2 Å². The number of ether oxygens (including phenoxy) is 3. The number of epoxide rings is 1. The molecule has 0 aromatic carbocycles. The summed E-state index contributed by atoms with van der Waals surface area (Å²) in [7, 11) is 0.782. The van der Waals surface area contributed by atoms with Crippen molar-refractivity contribution >= 4 is 9.52 Å². The lowest BCUT2D eigenvalue weighted by Gasteiger charge is -2.20. The van der Waals surface area contributed by atoms with Gasteiger partial charge in [-0.15, -0.1) is 0 Å². The van der Waals surface area contributed by atoms with E-state index in [1.807, 2.05) is 13.8 Å². The molecule has 1 saturated heterocycles. The zero-order valence-corrected chi connectivity index (χ0v) is 12.0. The van der Waals surface area contributed by atoms with Gasteiger partial charge >= 0.3 is 0 Å². The van der Waals surface area contributed by atoms with Gasteiger partial charge in [0, 0.05) is 13.2 Å². The first-order valence-electron chi connectivity index (χ1n) is 6.95. The molecule has 2 aliphatic rings. The van der Waals surface area contributed by atoms with Crippen LogP contribution >= 0.6 is 0 Å². The SMILES string of the molecule is CCOC(OCC)[Si]CCC1CCC2OC2C1. The van der Waals surface area contributed by atoms with Crippen molar-refractivity contribution < 1.29 is 14.2 Å². The van der Waals surface area contributed by atoms with E-state index in [4.69, 9.17) is 14.2 Å². The Kier molecular flexibility index (Phi) is 5.47. The van der Waals surface area contributed by atoms with Crippen LogP contribution in [0.1, 0.15) is 39.5 Å². The molecule has 2 fully saturated rings. The van der Waals surface area contributed by atoms with Crippen LogP contribution < -0.4 is 0 Å². The van der Waals surface area contributed by atoms with Crippen LogP contribution in [-0.4, -0.2) is 40.9 Å². The van der Waals surface area contributed by atoms with Gasteiger partial charge in [0.05, 0.1) is 12.2 Å². The van der Waals surface area contributed by atoms with Crippen LogP contribution in [0, 0.1) is 5.92 Å². The van der Waals surface area contributed by atoms with E-state index in [-0.39, 0.29) is 5.91 Å². The second kappa shape index (κ2) is 6.88. The summed E-state index contributed by atoms with van der Waals surface area (Å²) >= 11 is 0. The second-order valence-corrected chi connectivity index (χ2v) is 6.26. The van der Waals surface area contributed by atoms with Crippen molar-refractivity contribution in [3.63, 3.8) is 0 Å². The highest BCUT2D eigenvalue weighted by Crippen LogP contribution is 2.40. The van der Waals surface area contributed by atoms with E-state index in [1.54, 1.807) is 0 Å². The molecule has 2 radical (unpaired) electrons. The van der Waals surface area contributed by atoms with Gasteiger partial charge in [-0.05, 0) is 39.0 Å². The van der Waals surface area contributed by atoms with Crippen LogP contribution in [0.3, 0.4) is 0 Å². The van der Waals surface area contributed by atoms with E-state index in [1.165, 1.54) is 31.7 Å². The third-order valence-corrected chi connectivity index (χ3v) is 4.86. The molecule has 0 N–H and O–H groups in total. The molecule has 17 heavy (non-hydrogen) atoms. The maximum absolute atomic E-state index is 5.57. The van der Waals surface area contributed by atoms with Gasteiger partial charge in [-0.1, -0.05) is 12.5 Å². The Bertz CT molecular complexity index is 217. The van der Waals surface area contributed by atoms with Gasteiger partial charge in [-0.3, -0.25) is 0 Å². The maximum Gasteiger partial charge on any atom is 0.137 e. The summed E-state index contributed by atoms with van der Waals surface area (Å²) in [5, 5.41) is 0. The monoisotopic (exact) mass is 256 g/mol. The third-order valence-electron chi connectivity index (χ3n) is 3.61. The summed E-state index contributed by atoms with van der Waals surface area (Å²) in [6, 6.07) is 1.24. The van der Waals surface area contributed by atoms with Crippen molar-refractivity contribution in [2.24, 2.45) is 5.92 Å². The number of fused-ring (bicyclic) bond motifs is 1. The van der Waals surface area contributed by atoms with Crippen LogP contribution in [0.2, 0.25) is 6.04 Å². The molecule has 4 heteroatoms. The van der Waals surface area contributed by atoms with Gasteiger partial charge in [-0.2, -0.15) is 0 Å². The number of hydrogen-bond donors (Lipinski definition) is 0. The van der Waals surface area contributed by atoms with Crippen LogP contribution in [0.4, 0.5) is 0 Å². The molecule has 0 aromatic heterocycles. The fraction of sp³-hybridized carbons (Fsp3) is 1.00. The minimum Gasteiger partial charge on any atom is -0.370 e. The molecule has 1 aliphatic heterocycles. The Morgan fingerprint density at radius 2 is 1.94 bits per heavy atom. The first-order chi connectivity index (χ1) is 8.33. The smallest absolute Gasteiger partial charge is 0.137 e. The molecule has 1 saturated carbocycles. The van der Waals surface area contributed by atoms with E-state index in [0.717, 1.165) is 28.7 Å². The topological polar surface area (TPSA) is 31.0 Å². The summed E-state index contributed by atoms with van der Waals surface area (Å²) in [5.41, 5.74) is 0. The normalized spacial score (nSPS) is 31.6. The van der Waals surface area contributed by atoms with Crippen LogP contribution in [0.25, 0.3) is 0 Å². The zero-order chi connectivity index (χ0) is 12.1. The van der Waals surface area contributed by atoms with Crippen LogP contribution in [-0.2, 0) is 14.2 Å². The van der Waals surface area contributed by atoms with E-state index < -0.39 is 0 Å². The highest BCUT2D eigenvalue weighted by molar-refractivity contribution is 6.36. The predicted molar refractivity (Wildman–Crippen MR) is 68.2 cm³/mol. The van der Waals surface area contributed by atoms with Crippen molar-refractivity contribution in [2.75, 3.05) is 13.2 Å². The third kappa shape index (κ3) is 4.36. The van der Waals surface area contributed by atoms with Gasteiger partial charge in [0.25, 0.3) is 0 Å². The molecule has 98 valence electrons. The summed E-state index contributed by atoms with van der Waals surface area (Å²) in [6.07, 6.45) is 6.52. The quantitative estimate of drug-likeness (QED) is 0.380. The molecule has 0 spiro atoms. The van der Waals surface area contributed by atoms with Gasteiger partial charge in [0.15, 0.2) is 0 Å². The lowest BCUT2D eigenvalue weighted by atomic mass is 9.88. The molecule has 0 amide bonds. The van der Waals surface area contributed by atoms with Gasteiger partial charge < -0.3 is 14.2 Å². The molecule has 3 nitrogen and oxygen atoms in total. The molecule has 0 aromatic rings. The van der Waals surface area contributed by atoms with Crippen LogP contribution in [0.5, 0.6) is 0 Å². The van der Waals surface area contributed by atoms with Crippen molar-refractivity contribution in [2.45, 2.75) is 63.7 Å². The van der Waals surface area contributed by atoms with E-state index in [9.17, 15) is 0 Å². The average molecular weight is 256 g/mol. The fourth-order valence-electron chi connectivity index (χ4n) is 2.62. The van der Waals surface area contributed by atoms with Gasteiger partial charge in [0.1, 0.15) is 15.4 Å². The van der Waals surface area contributed by atoms with Crippen molar-refractivity contribution in [3.8, 4) is 0 Å². The number of hydrogen-bond acceptors (Lipinski definition) is 3. The summed E-state index contributed by atoms with van der Waals surface area (Å²) < 4.78 is 16.7. The van der Waals surface area contributed by atoms with E-state index >= 15 is 0 Å². The first kappa shape index (κ1) is 13.5. The highest BCUT2D eigenvalue weighted by atomic mass is 28.2. The zero-order valence-electron chi connectivity index (χ0n) is 11.0.